The highest BCUT2D eigenvalue weighted by molar-refractivity contribution is 6.30. The maximum atomic E-state index is 15.3. The highest BCUT2D eigenvalue weighted by Gasteiger charge is 2.50. The van der Waals surface area contributed by atoms with E-state index >= 15 is 4.39 Å². The number of halogens is 3. The molecule has 180 valence electrons. The van der Waals surface area contributed by atoms with Gasteiger partial charge < -0.3 is 10.1 Å². The van der Waals surface area contributed by atoms with Crippen LogP contribution in [0.3, 0.4) is 0 Å². The van der Waals surface area contributed by atoms with Gasteiger partial charge in [-0.25, -0.2) is 4.39 Å². The number of ether oxygens (including phenoxy) is 1. The van der Waals surface area contributed by atoms with Gasteiger partial charge in [-0.15, -0.1) is 0 Å². The van der Waals surface area contributed by atoms with Crippen molar-refractivity contribution in [2.45, 2.75) is 83.9 Å². The second kappa shape index (κ2) is 9.93. The molecular weight excluding hydrogens is 460 g/mol. The molecular formula is C27H34Cl2FNO2. The molecule has 4 atom stereocenters. The van der Waals surface area contributed by atoms with Crippen molar-refractivity contribution in [2.24, 2.45) is 5.41 Å². The molecule has 1 aliphatic rings. The minimum absolute atomic E-state index is 0.000519. The first-order chi connectivity index (χ1) is 15.3. The van der Waals surface area contributed by atoms with Gasteiger partial charge in [-0.2, -0.15) is 0 Å². The van der Waals surface area contributed by atoms with Crippen molar-refractivity contribution in [3.63, 3.8) is 0 Å². The van der Waals surface area contributed by atoms with Crippen molar-refractivity contribution < 1.29 is 13.9 Å². The van der Waals surface area contributed by atoms with E-state index in [1.54, 1.807) is 18.2 Å². The van der Waals surface area contributed by atoms with Crippen molar-refractivity contribution in [3.05, 3.63) is 69.5 Å². The number of nitrogens with one attached hydrogen (secondary N) is 1. The van der Waals surface area contributed by atoms with Gasteiger partial charge in [0.15, 0.2) is 0 Å². The summed E-state index contributed by atoms with van der Waals surface area (Å²) in [4.78, 5) is 13.4. The zero-order valence-corrected chi connectivity index (χ0v) is 21.7. The van der Waals surface area contributed by atoms with E-state index in [4.69, 9.17) is 27.9 Å². The van der Waals surface area contributed by atoms with Crippen LogP contribution in [0, 0.1) is 11.2 Å². The molecule has 3 nitrogen and oxygen atoms in total. The number of hydrogen-bond donors (Lipinski definition) is 1. The predicted molar refractivity (Wildman–Crippen MR) is 134 cm³/mol. The zero-order chi connectivity index (χ0) is 24.6. The Kier molecular flexibility index (Phi) is 7.82. The molecule has 4 unspecified atom stereocenters. The van der Waals surface area contributed by atoms with Crippen LogP contribution in [0.2, 0.25) is 10.0 Å². The van der Waals surface area contributed by atoms with Gasteiger partial charge in [0.2, 0.25) is 0 Å². The molecule has 1 fully saturated rings. The number of rotatable bonds is 6. The Morgan fingerprint density at radius 2 is 1.70 bits per heavy atom. The largest absolute Gasteiger partial charge is 0.459 e. The first-order valence-electron chi connectivity index (χ1n) is 11.5. The fraction of sp³-hybridized carbons (Fsp3) is 0.519. The first-order valence-corrected chi connectivity index (χ1v) is 12.3. The highest BCUT2D eigenvalue weighted by Crippen LogP contribution is 2.48. The van der Waals surface area contributed by atoms with Gasteiger partial charge in [0.1, 0.15) is 17.5 Å². The Bertz CT molecular complexity index is 1000. The minimum atomic E-state index is -0.639. The summed E-state index contributed by atoms with van der Waals surface area (Å²) in [7, 11) is 0. The van der Waals surface area contributed by atoms with E-state index in [1.807, 2.05) is 39.0 Å². The highest BCUT2D eigenvalue weighted by atomic mass is 35.5. The van der Waals surface area contributed by atoms with Gasteiger partial charge in [0, 0.05) is 27.9 Å². The summed E-state index contributed by atoms with van der Waals surface area (Å²) in [6.45, 7) is 12.1. The van der Waals surface area contributed by atoms with Gasteiger partial charge in [-0.3, -0.25) is 4.79 Å². The van der Waals surface area contributed by atoms with Crippen molar-refractivity contribution in [1.82, 2.24) is 5.32 Å². The lowest BCUT2D eigenvalue weighted by Crippen LogP contribution is -2.42. The molecule has 0 bridgehead atoms. The molecule has 0 spiro atoms. The number of esters is 1. The smallest absolute Gasteiger partial charge is 0.324 e. The zero-order valence-electron chi connectivity index (χ0n) is 20.2. The summed E-state index contributed by atoms with van der Waals surface area (Å²) in [5.74, 6) is -1.37. The number of benzene rings is 2. The molecule has 3 rings (SSSR count). The summed E-state index contributed by atoms with van der Waals surface area (Å²) < 4.78 is 21.1. The van der Waals surface area contributed by atoms with Crippen LogP contribution in [0.1, 0.15) is 77.3 Å². The van der Waals surface area contributed by atoms with Crippen LogP contribution in [-0.2, 0) is 9.53 Å². The lowest BCUT2D eigenvalue weighted by molar-refractivity contribution is -0.157. The molecule has 0 saturated carbocycles. The first kappa shape index (κ1) is 26.0. The summed E-state index contributed by atoms with van der Waals surface area (Å²) >= 11 is 12.4. The fourth-order valence-electron chi connectivity index (χ4n) is 4.70. The van der Waals surface area contributed by atoms with Crippen LogP contribution >= 0.6 is 23.2 Å². The van der Waals surface area contributed by atoms with Crippen LogP contribution in [-0.4, -0.2) is 23.7 Å². The molecule has 1 heterocycles. The Morgan fingerprint density at radius 3 is 2.27 bits per heavy atom. The van der Waals surface area contributed by atoms with Crippen molar-refractivity contribution in [2.75, 3.05) is 0 Å². The SMILES string of the molecule is CCC(C)(C)CC1NC(C(=O)OC(C)(C)C)C(c2cccc(Cl)c2)C1c1ccc(Cl)cc1F. The second-order valence-corrected chi connectivity index (χ2v) is 11.7. The Labute approximate surface area is 207 Å². The Morgan fingerprint density at radius 1 is 1.03 bits per heavy atom. The van der Waals surface area contributed by atoms with Gasteiger partial charge in [-0.1, -0.05) is 68.6 Å². The lowest BCUT2D eigenvalue weighted by atomic mass is 9.73. The molecule has 2 aromatic carbocycles. The quantitative estimate of drug-likeness (QED) is 0.423. The van der Waals surface area contributed by atoms with Crippen LogP contribution in [0.15, 0.2) is 42.5 Å². The molecule has 0 aliphatic carbocycles. The summed E-state index contributed by atoms with van der Waals surface area (Å²) in [6, 6.07) is 11.5. The van der Waals surface area contributed by atoms with Crippen LogP contribution in [0.4, 0.5) is 4.39 Å². The Hall–Kier alpha value is -1.62. The van der Waals surface area contributed by atoms with Crippen molar-refractivity contribution >= 4 is 29.2 Å². The molecule has 6 heteroatoms. The third-order valence-corrected chi connectivity index (χ3v) is 6.99. The number of carbonyl (C=O) groups is 1. The molecule has 1 N–H and O–H groups in total. The molecule has 33 heavy (non-hydrogen) atoms. The minimum Gasteiger partial charge on any atom is -0.459 e. The molecule has 2 aromatic rings. The molecule has 0 radical (unpaired) electrons. The molecule has 1 aliphatic heterocycles. The maximum Gasteiger partial charge on any atom is 0.324 e. The van der Waals surface area contributed by atoms with Crippen LogP contribution in [0.25, 0.3) is 0 Å². The van der Waals surface area contributed by atoms with E-state index in [0.29, 0.717) is 15.6 Å². The third kappa shape index (κ3) is 6.29. The topological polar surface area (TPSA) is 38.3 Å². The van der Waals surface area contributed by atoms with Gasteiger partial charge in [0.05, 0.1) is 0 Å². The van der Waals surface area contributed by atoms with Crippen LogP contribution < -0.4 is 5.32 Å². The molecule has 0 amide bonds. The molecule has 1 saturated heterocycles. The summed E-state index contributed by atoms with van der Waals surface area (Å²) in [5, 5.41) is 4.46. The number of carbonyl (C=O) groups excluding carboxylic acids is 1. The van der Waals surface area contributed by atoms with Crippen LogP contribution in [0.5, 0.6) is 0 Å². The van der Waals surface area contributed by atoms with E-state index in [0.717, 1.165) is 18.4 Å². The normalized spacial score (nSPS) is 23.5. The summed E-state index contributed by atoms with van der Waals surface area (Å²) in [6.07, 6.45) is 1.73. The second-order valence-electron chi connectivity index (χ2n) is 10.8. The fourth-order valence-corrected chi connectivity index (χ4v) is 5.05. The van der Waals surface area contributed by atoms with E-state index in [1.165, 1.54) is 6.07 Å². The van der Waals surface area contributed by atoms with Gasteiger partial charge in [-0.05, 0) is 68.0 Å². The third-order valence-electron chi connectivity index (χ3n) is 6.52. The van der Waals surface area contributed by atoms with Gasteiger partial charge in [0.25, 0.3) is 0 Å². The average Bonchev–Trinajstić information content (AvgIpc) is 3.05. The monoisotopic (exact) mass is 493 g/mol. The van der Waals surface area contributed by atoms with E-state index in [2.05, 4.69) is 26.1 Å². The van der Waals surface area contributed by atoms with E-state index in [9.17, 15) is 4.79 Å². The summed E-state index contributed by atoms with van der Waals surface area (Å²) in [5.41, 5.74) is 0.779. The van der Waals surface area contributed by atoms with Crippen molar-refractivity contribution in [3.8, 4) is 0 Å². The van der Waals surface area contributed by atoms with Gasteiger partial charge >= 0.3 is 5.97 Å². The Balaban J connectivity index is 2.17. The standard InChI is InChI=1S/C27H34Cl2FNO2/c1-7-27(5,6)15-21-23(19-12-11-18(29)14-20(19)30)22(16-9-8-10-17(28)13-16)24(31-21)25(32)33-26(2,3)4/h8-14,21-24,31H,7,15H2,1-6H3. The maximum absolute atomic E-state index is 15.3. The van der Waals surface area contributed by atoms with E-state index in [-0.39, 0.29) is 35.1 Å². The molecule has 0 aromatic heterocycles. The van der Waals surface area contributed by atoms with E-state index < -0.39 is 11.6 Å². The lowest BCUT2D eigenvalue weighted by Gasteiger charge is -2.32. The number of hydrogen-bond acceptors (Lipinski definition) is 3. The van der Waals surface area contributed by atoms with Crippen molar-refractivity contribution in [1.29, 1.82) is 0 Å². The predicted octanol–water partition coefficient (Wildman–Crippen LogP) is 7.51. The average molecular weight is 494 g/mol.